The van der Waals surface area contributed by atoms with E-state index in [1.165, 1.54) is 5.56 Å². The Morgan fingerprint density at radius 2 is 1.71 bits per heavy atom. The lowest BCUT2D eigenvalue weighted by Crippen LogP contribution is -2.47. The molecule has 1 saturated heterocycles. The van der Waals surface area contributed by atoms with Crippen molar-refractivity contribution in [2.75, 3.05) is 19.7 Å². The number of amides is 2. The molecule has 28 heavy (non-hydrogen) atoms. The number of piperidine rings is 1. The van der Waals surface area contributed by atoms with Gasteiger partial charge >= 0.3 is 0 Å². The average molecular weight is 380 g/mol. The zero-order chi connectivity index (χ0) is 19.8. The van der Waals surface area contributed by atoms with Crippen LogP contribution in [-0.4, -0.2) is 42.5 Å². The molecule has 148 valence electrons. The van der Waals surface area contributed by atoms with Crippen molar-refractivity contribution in [3.05, 3.63) is 65.7 Å². The Morgan fingerprint density at radius 1 is 1.04 bits per heavy atom. The van der Waals surface area contributed by atoms with Crippen molar-refractivity contribution in [1.82, 2.24) is 10.2 Å². The van der Waals surface area contributed by atoms with Crippen LogP contribution in [0.1, 0.15) is 30.4 Å². The zero-order valence-corrected chi connectivity index (χ0v) is 16.4. The molecule has 0 saturated carbocycles. The van der Waals surface area contributed by atoms with E-state index in [-0.39, 0.29) is 24.5 Å². The molecule has 1 aliphatic heterocycles. The predicted molar refractivity (Wildman–Crippen MR) is 109 cm³/mol. The molecule has 2 amide bonds. The van der Waals surface area contributed by atoms with Crippen molar-refractivity contribution in [1.29, 1.82) is 0 Å². The lowest BCUT2D eigenvalue weighted by atomic mass is 10.0. The molecule has 0 atom stereocenters. The smallest absolute Gasteiger partial charge is 0.260 e. The Hall–Kier alpha value is -2.82. The van der Waals surface area contributed by atoms with Crippen molar-refractivity contribution >= 4 is 11.8 Å². The zero-order valence-electron chi connectivity index (χ0n) is 16.4. The molecule has 0 unspecified atom stereocenters. The third-order valence-corrected chi connectivity index (χ3v) is 5.08. The second-order valence-corrected chi connectivity index (χ2v) is 7.31. The number of hydrogen-bond acceptors (Lipinski definition) is 3. The summed E-state index contributed by atoms with van der Waals surface area (Å²) in [5.74, 6) is 0.783. The summed E-state index contributed by atoms with van der Waals surface area (Å²) in [6.45, 7) is 3.37. The Kier molecular flexibility index (Phi) is 7.06. The largest absolute Gasteiger partial charge is 0.484 e. The SMILES string of the molecule is Cc1ccc(OCC(=O)N2CCC(NC(=O)CCc3ccccc3)CC2)cc1. The fourth-order valence-electron chi connectivity index (χ4n) is 3.35. The summed E-state index contributed by atoms with van der Waals surface area (Å²) < 4.78 is 5.58. The number of nitrogens with one attached hydrogen (secondary N) is 1. The maximum atomic E-state index is 12.3. The van der Waals surface area contributed by atoms with Crippen LogP contribution in [0.15, 0.2) is 54.6 Å². The van der Waals surface area contributed by atoms with Crippen LogP contribution in [0.25, 0.3) is 0 Å². The molecule has 0 radical (unpaired) electrons. The molecular weight excluding hydrogens is 352 g/mol. The number of nitrogens with zero attached hydrogens (tertiary/aromatic N) is 1. The second kappa shape index (κ2) is 9.93. The maximum absolute atomic E-state index is 12.3. The molecule has 2 aromatic carbocycles. The van der Waals surface area contributed by atoms with E-state index in [1.807, 2.05) is 66.4 Å². The summed E-state index contributed by atoms with van der Waals surface area (Å²) >= 11 is 0. The van der Waals surface area contributed by atoms with E-state index in [9.17, 15) is 9.59 Å². The molecule has 0 spiro atoms. The third kappa shape index (κ3) is 6.12. The lowest BCUT2D eigenvalue weighted by molar-refractivity contribution is -0.134. The summed E-state index contributed by atoms with van der Waals surface area (Å²) in [6.07, 6.45) is 2.81. The summed E-state index contributed by atoms with van der Waals surface area (Å²) in [4.78, 5) is 26.3. The normalized spacial score (nSPS) is 14.5. The molecule has 0 aliphatic carbocycles. The quantitative estimate of drug-likeness (QED) is 0.803. The minimum Gasteiger partial charge on any atom is -0.484 e. The highest BCUT2D eigenvalue weighted by Gasteiger charge is 2.24. The molecule has 3 rings (SSSR count). The number of hydrogen-bond donors (Lipinski definition) is 1. The van der Waals surface area contributed by atoms with Gasteiger partial charge in [0.25, 0.3) is 5.91 Å². The van der Waals surface area contributed by atoms with Crippen LogP contribution in [0.5, 0.6) is 5.75 Å². The first-order valence-corrected chi connectivity index (χ1v) is 9.90. The summed E-state index contributed by atoms with van der Waals surface area (Å²) in [5, 5.41) is 3.10. The number of rotatable bonds is 7. The molecule has 1 aliphatic rings. The van der Waals surface area contributed by atoms with Gasteiger partial charge in [-0.3, -0.25) is 9.59 Å². The molecule has 5 nitrogen and oxygen atoms in total. The summed E-state index contributed by atoms with van der Waals surface area (Å²) in [7, 11) is 0. The number of ether oxygens (including phenoxy) is 1. The van der Waals surface area contributed by atoms with Crippen molar-refractivity contribution in [3.8, 4) is 5.75 Å². The van der Waals surface area contributed by atoms with E-state index < -0.39 is 0 Å². The molecule has 1 fully saturated rings. The Balaban J connectivity index is 1.34. The van der Waals surface area contributed by atoms with Gasteiger partial charge in [0.2, 0.25) is 5.91 Å². The molecular formula is C23H28N2O3. The number of carbonyl (C=O) groups excluding carboxylic acids is 2. The maximum Gasteiger partial charge on any atom is 0.260 e. The molecule has 0 aromatic heterocycles. The fraction of sp³-hybridized carbons (Fsp3) is 0.391. The minimum absolute atomic E-state index is 0.00516. The molecule has 0 bridgehead atoms. The van der Waals surface area contributed by atoms with Crippen molar-refractivity contribution in [2.24, 2.45) is 0 Å². The van der Waals surface area contributed by atoms with Gasteiger partial charge in [0.05, 0.1) is 0 Å². The Morgan fingerprint density at radius 3 is 2.39 bits per heavy atom. The molecule has 5 heteroatoms. The molecule has 1 N–H and O–H groups in total. The van der Waals surface area contributed by atoms with Gasteiger partial charge in [0, 0.05) is 25.6 Å². The lowest BCUT2D eigenvalue weighted by Gasteiger charge is -2.32. The van der Waals surface area contributed by atoms with E-state index >= 15 is 0 Å². The van der Waals surface area contributed by atoms with Gasteiger partial charge in [-0.1, -0.05) is 48.0 Å². The van der Waals surface area contributed by atoms with E-state index in [1.54, 1.807) is 0 Å². The predicted octanol–water partition coefficient (Wildman–Crippen LogP) is 3.11. The number of aryl methyl sites for hydroxylation is 2. The third-order valence-electron chi connectivity index (χ3n) is 5.08. The summed E-state index contributed by atoms with van der Waals surface area (Å²) in [5.41, 5.74) is 2.33. The van der Waals surface area contributed by atoms with Crippen molar-refractivity contribution < 1.29 is 14.3 Å². The fourth-order valence-corrected chi connectivity index (χ4v) is 3.35. The average Bonchev–Trinajstić information content (AvgIpc) is 2.73. The van der Waals surface area contributed by atoms with Crippen molar-refractivity contribution in [3.63, 3.8) is 0 Å². The first kappa shape index (κ1) is 19.9. The number of benzene rings is 2. The van der Waals surface area contributed by atoms with Crippen LogP contribution in [0.4, 0.5) is 0 Å². The van der Waals surface area contributed by atoms with Crippen LogP contribution in [0, 0.1) is 6.92 Å². The van der Waals surface area contributed by atoms with E-state index in [0.29, 0.717) is 25.3 Å². The first-order chi connectivity index (χ1) is 13.6. The van der Waals surface area contributed by atoms with Gasteiger partial charge in [-0.15, -0.1) is 0 Å². The highest BCUT2D eigenvalue weighted by molar-refractivity contribution is 5.78. The Labute approximate surface area is 166 Å². The first-order valence-electron chi connectivity index (χ1n) is 9.90. The molecule has 1 heterocycles. The second-order valence-electron chi connectivity index (χ2n) is 7.31. The topological polar surface area (TPSA) is 58.6 Å². The van der Waals surface area contributed by atoms with Crippen LogP contribution >= 0.6 is 0 Å². The van der Waals surface area contributed by atoms with Gasteiger partial charge in [-0.2, -0.15) is 0 Å². The van der Waals surface area contributed by atoms with Crippen LogP contribution < -0.4 is 10.1 Å². The monoisotopic (exact) mass is 380 g/mol. The van der Waals surface area contributed by atoms with Crippen LogP contribution in [0.2, 0.25) is 0 Å². The van der Waals surface area contributed by atoms with Crippen LogP contribution in [-0.2, 0) is 16.0 Å². The van der Waals surface area contributed by atoms with Gasteiger partial charge in [-0.05, 0) is 43.9 Å². The molecule has 2 aromatic rings. The van der Waals surface area contributed by atoms with Gasteiger partial charge < -0.3 is 15.0 Å². The number of carbonyl (C=O) groups is 2. The highest BCUT2D eigenvalue weighted by atomic mass is 16.5. The van der Waals surface area contributed by atoms with Gasteiger partial charge in [0.1, 0.15) is 5.75 Å². The van der Waals surface area contributed by atoms with Crippen LogP contribution in [0.3, 0.4) is 0 Å². The van der Waals surface area contributed by atoms with E-state index in [4.69, 9.17) is 4.74 Å². The number of likely N-dealkylation sites (tertiary alicyclic amines) is 1. The minimum atomic E-state index is -0.00516. The van der Waals surface area contributed by atoms with E-state index in [2.05, 4.69) is 5.32 Å². The van der Waals surface area contributed by atoms with E-state index in [0.717, 1.165) is 24.8 Å². The Bertz CT molecular complexity index is 766. The standard InChI is InChI=1S/C23H28N2O3/c1-18-7-10-21(11-8-18)28-17-23(27)25-15-13-20(14-16-25)24-22(26)12-9-19-5-3-2-4-6-19/h2-8,10-11,20H,9,12-17H2,1H3,(H,24,26). The summed E-state index contributed by atoms with van der Waals surface area (Å²) in [6, 6.07) is 17.9. The van der Waals surface area contributed by atoms with Crippen molar-refractivity contribution in [2.45, 2.75) is 38.6 Å². The van der Waals surface area contributed by atoms with Gasteiger partial charge in [-0.25, -0.2) is 0 Å². The van der Waals surface area contributed by atoms with Gasteiger partial charge in [0.15, 0.2) is 6.61 Å². The highest BCUT2D eigenvalue weighted by Crippen LogP contribution is 2.14.